The molecule has 9 heteroatoms. The number of rotatable bonds is 7. The molecule has 0 unspecified atom stereocenters. The number of ether oxygens (including phenoxy) is 1. The van der Waals surface area contributed by atoms with Crippen molar-refractivity contribution in [1.82, 2.24) is 5.32 Å². The number of hydrogen-bond acceptors (Lipinski definition) is 7. The summed E-state index contributed by atoms with van der Waals surface area (Å²) in [5, 5.41) is 17.4. The van der Waals surface area contributed by atoms with Gasteiger partial charge in [-0.15, -0.1) is 0 Å². The molecule has 0 aliphatic heterocycles. The maximum atomic E-state index is 12.6. The van der Waals surface area contributed by atoms with Crippen LogP contribution in [0.2, 0.25) is 0 Å². The van der Waals surface area contributed by atoms with Crippen LogP contribution in [0, 0.1) is 17.0 Å². The molecule has 170 valence electrons. The molecule has 0 spiro atoms. The number of nitrogens with zero attached hydrogens (tertiary/aromatic N) is 2. The van der Waals surface area contributed by atoms with Crippen molar-refractivity contribution < 1.29 is 24.1 Å². The Morgan fingerprint density at radius 2 is 1.59 bits per heavy atom. The van der Waals surface area contributed by atoms with E-state index in [-0.39, 0.29) is 12.1 Å². The number of carbonyl (C=O) groups excluding carboxylic acids is 2. The van der Waals surface area contributed by atoms with Gasteiger partial charge in [-0.25, -0.2) is 9.59 Å². The van der Waals surface area contributed by atoms with Gasteiger partial charge in [-0.1, -0.05) is 41.9 Å². The second kappa shape index (κ2) is 10.5. The zero-order valence-electron chi connectivity index (χ0n) is 18.7. The Morgan fingerprint density at radius 3 is 2.06 bits per heavy atom. The minimum atomic E-state index is -0.954. The van der Waals surface area contributed by atoms with E-state index < -0.39 is 28.6 Å². The van der Waals surface area contributed by atoms with E-state index in [0.717, 1.165) is 5.56 Å². The first-order chi connectivity index (χ1) is 15.0. The molecule has 2 rings (SSSR count). The van der Waals surface area contributed by atoms with Crippen LogP contribution in [0.4, 0.5) is 10.5 Å². The predicted molar refractivity (Wildman–Crippen MR) is 119 cm³/mol. The number of nitro groups is 1. The van der Waals surface area contributed by atoms with Gasteiger partial charge in [0.15, 0.2) is 0 Å². The summed E-state index contributed by atoms with van der Waals surface area (Å²) in [7, 11) is 0. The molecule has 32 heavy (non-hydrogen) atoms. The average molecular weight is 441 g/mol. The zero-order chi connectivity index (χ0) is 23.9. The Morgan fingerprint density at radius 1 is 1.06 bits per heavy atom. The Bertz CT molecular complexity index is 992. The number of non-ortho nitro benzene ring substituents is 1. The highest BCUT2D eigenvalue weighted by Crippen LogP contribution is 2.17. The second-order valence-corrected chi connectivity index (χ2v) is 8.13. The molecule has 9 nitrogen and oxygen atoms in total. The van der Waals surface area contributed by atoms with E-state index in [1.807, 2.05) is 19.1 Å². The lowest BCUT2D eigenvalue weighted by molar-refractivity contribution is -0.384. The summed E-state index contributed by atoms with van der Waals surface area (Å²) in [6.45, 7) is 8.79. The molecule has 0 bridgehead atoms. The first-order valence-corrected chi connectivity index (χ1v) is 10.1. The van der Waals surface area contributed by atoms with E-state index in [9.17, 15) is 19.7 Å². The molecule has 0 aliphatic carbocycles. The summed E-state index contributed by atoms with van der Waals surface area (Å²) < 4.78 is 5.18. The number of oxime groups is 1. The minimum absolute atomic E-state index is 0.0680. The molecule has 0 saturated carbocycles. The number of alkyl carbamates (subject to hydrolysis) is 1. The summed E-state index contributed by atoms with van der Waals surface area (Å²) in [4.78, 5) is 40.2. The first kappa shape index (κ1) is 24.5. The summed E-state index contributed by atoms with van der Waals surface area (Å²) in [6, 6.07) is 12.2. The van der Waals surface area contributed by atoms with Crippen LogP contribution in [0.3, 0.4) is 0 Å². The summed E-state index contributed by atoms with van der Waals surface area (Å²) >= 11 is 0. The minimum Gasteiger partial charge on any atom is -0.444 e. The van der Waals surface area contributed by atoms with Gasteiger partial charge in [-0.2, -0.15) is 0 Å². The molecular formula is C23H27N3O6. The monoisotopic (exact) mass is 441 g/mol. The van der Waals surface area contributed by atoms with Crippen molar-refractivity contribution in [2.75, 3.05) is 0 Å². The van der Waals surface area contributed by atoms with Gasteiger partial charge in [-0.05, 0) is 46.2 Å². The third-order valence-corrected chi connectivity index (χ3v) is 4.29. The highest BCUT2D eigenvalue weighted by Gasteiger charge is 2.25. The van der Waals surface area contributed by atoms with Gasteiger partial charge < -0.3 is 14.9 Å². The van der Waals surface area contributed by atoms with Crippen molar-refractivity contribution in [3.8, 4) is 0 Å². The molecule has 1 amide bonds. The molecule has 0 heterocycles. The van der Waals surface area contributed by atoms with E-state index in [1.54, 1.807) is 39.8 Å². The van der Waals surface area contributed by atoms with Crippen LogP contribution >= 0.6 is 0 Å². The Labute approximate surface area is 186 Å². The highest BCUT2D eigenvalue weighted by molar-refractivity contribution is 6.12. The lowest BCUT2D eigenvalue weighted by Gasteiger charge is -2.21. The highest BCUT2D eigenvalue weighted by atomic mass is 16.7. The standard InChI is InChI=1S/C23H27N3O6/c1-6-19(24-22(28)31-23(3,4)5)21(27)32-25-20(16-9-7-15(2)8-10-16)17-11-13-18(14-12-17)26(29)30/h7-14,19H,6H2,1-5H3,(H,24,28)/b25-20-/t19-/m0/s1. The van der Waals surface area contributed by atoms with Gasteiger partial charge in [0.25, 0.3) is 5.69 Å². The van der Waals surface area contributed by atoms with Gasteiger partial charge >= 0.3 is 12.1 Å². The van der Waals surface area contributed by atoms with Crippen molar-refractivity contribution >= 4 is 23.5 Å². The molecule has 0 aliphatic rings. The van der Waals surface area contributed by atoms with E-state index >= 15 is 0 Å². The molecule has 1 atom stereocenters. The van der Waals surface area contributed by atoms with E-state index in [2.05, 4.69) is 10.5 Å². The molecule has 1 N–H and O–H groups in total. The molecule has 0 aromatic heterocycles. The summed E-state index contributed by atoms with van der Waals surface area (Å²) in [5.41, 5.74) is 1.76. The SMILES string of the molecule is CC[C@H](NC(=O)OC(C)(C)C)C(=O)O/N=C(/c1ccc(C)cc1)c1ccc([N+](=O)[O-])cc1. The molecule has 0 fully saturated rings. The smallest absolute Gasteiger partial charge is 0.408 e. The fourth-order valence-electron chi connectivity index (χ4n) is 2.66. The lowest BCUT2D eigenvalue weighted by Crippen LogP contribution is -2.43. The van der Waals surface area contributed by atoms with Crippen LogP contribution in [-0.4, -0.2) is 34.3 Å². The van der Waals surface area contributed by atoms with Crippen molar-refractivity contribution in [1.29, 1.82) is 0 Å². The second-order valence-electron chi connectivity index (χ2n) is 8.13. The number of nitrogens with one attached hydrogen (secondary N) is 1. The van der Waals surface area contributed by atoms with Crippen LogP contribution in [0.5, 0.6) is 0 Å². The topological polar surface area (TPSA) is 120 Å². The number of hydrogen-bond donors (Lipinski definition) is 1. The van der Waals surface area contributed by atoms with Crippen LogP contribution in [0.25, 0.3) is 0 Å². The van der Waals surface area contributed by atoms with E-state index in [4.69, 9.17) is 9.57 Å². The fourth-order valence-corrected chi connectivity index (χ4v) is 2.66. The number of carbonyl (C=O) groups is 2. The van der Waals surface area contributed by atoms with Crippen LogP contribution in [0.1, 0.15) is 50.8 Å². The molecule has 0 radical (unpaired) electrons. The quantitative estimate of drug-likeness (QED) is 0.292. The molecular weight excluding hydrogens is 414 g/mol. The zero-order valence-corrected chi connectivity index (χ0v) is 18.7. The maximum Gasteiger partial charge on any atom is 0.408 e. The van der Waals surface area contributed by atoms with Gasteiger partial charge in [0.05, 0.1) is 4.92 Å². The molecule has 0 saturated heterocycles. The number of amides is 1. The van der Waals surface area contributed by atoms with Crippen molar-refractivity contribution in [2.24, 2.45) is 5.16 Å². The van der Waals surface area contributed by atoms with Gasteiger partial charge in [-0.3, -0.25) is 10.1 Å². The maximum absolute atomic E-state index is 12.6. The Balaban J connectivity index is 2.27. The van der Waals surface area contributed by atoms with Crippen LogP contribution in [0.15, 0.2) is 53.7 Å². The number of nitro benzene ring substituents is 1. The summed E-state index contributed by atoms with van der Waals surface area (Å²) in [5.74, 6) is -0.759. The molecule has 2 aromatic rings. The largest absolute Gasteiger partial charge is 0.444 e. The Kier molecular flexibility index (Phi) is 8.06. The fraction of sp³-hybridized carbons (Fsp3) is 0.348. The third-order valence-electron chi connectivity index (χ3n) is 4.29. The first-order valence-electron chi connectivity index (χ1n) is 10.1. The van der Waals surface area contributed by atoms with Crippen LogP contribution in [-0.2, 0) is 14.4 Å². The average Bonchev–Trinajstić information content (AvgIpc) is 2.72. The van der Waals surface area contributed by atoms with Gasteiger partial charge in [0.2, 0.25) is 0 Å². The van der Waals surface area contributed by atoms with Crippen molar-refractivity contribution in [2.45, 2.75) is 52.7 Å². The van der Waals surface area contributed by atoms with Crippen molar-refractivity contribution in [3.63, 3.8) is 0 Å². The van der Waals surface area contributed by atoms with E-state index in [0.29, 0.717) is 16.8 Å². The van der Waals surface area contributed by atoms with Gasteiger partial charge in [0.1, 0.15) is 17.4 Å². The normalized spacial score (nSPS) is 12.6. The third kappa shape index (κ3) is 7.19. The predicted octanol–water partition coefficient (Wildman–Crippen LogP) is 4.50. The lowest BCUT2D eigenvalue weighted by atomic mass is 10.0. The number of benzene rings is 2. The van der Waals surface area contributed by atoms with Crippen molar-refractivity contribution in [3.05, 3.63) is 75.3 Å². The van der Waals surface area contributed by atoms with Crippen LogP contribution < -0.4 is 5.32 Å². The van der Waals surface area contributed by atoms with E-state index in [1.165, 1.54) is 24.3 Å². The Hall–Kier alpha value is -3.75. The van der Waals surface area contributed by atoms with Gasteiger partial charge in [0, 0.05) is 23.3 Å². The molecule has 2 aromatic carbocycles. The summed E-state index contributed by atoms with van der Waals surface area (Å²) in [6.07, 6.45) is -0.468. The number of aryl methyl sites for hydroxylation is 1.